The second-order valence-electron chi connectivity index (χ2n) is 6.63. The lowest BCUT2D eigenvalue weighted by atomic mass is 9.98. The van der Waals surface area contributed by atoms with Gasteiger partial charge in [0.2, 0.25) is 10.3 Å². The van der Waals surface area contributed by atoms with E-state index < -0.39 is 24.4 Å². The highest BCUT2D eigenvalue weighted by molar-refractivity contribution is 7.19. The molecular weight excluding hydrogens is 474 g/mol. The lowest BCUT2D eigenvalue weighted by Crippen LogP contribution is -2.30. The first kappa shape index (κ1) is 23.7. The average Bonchev–Trinajstić information content (AvgIpc) is 3.17. The maximum absolute atomic E-state index is 14.9. The summed E-state index contributed by atoms with van der Waals surface area (Å²) in [6.45, 7) is 0.434. The number of hydrogen-bond acceptors (Lipinski definition) is 7. The van der Waals surface area contributed by atoms with Crippen LogP contribution in [0.3, 0.4) is 0 Å². The average molecular weight is 490 g/mol. The molecule has 7 nitrogen and oxygen atoms in total. The van der Waals surface area contributed by atoms with Gasteiger partial charge in [-0.2, -0.15) is 13.2 Å². The number of hydrogen-bond donors (Lipinski definition) is 1. The van der Waals surface area contributed by atoms with Crippen molar-refractivity contribution in [2.45, 2.75) is 13.1 Å². The minimum absolute atomic E-state index is 0.0181. The predicted octanol–water partition coefficient (Wildman–Crippen LogP) is 4.96. The number of carbonyl (C=O) groups excluding carboxylic acids is 1. The maximum atomic E-state index is 14.9. The Kier molecular flexibility index (Phi) is 6.84. The van der Waals surface area contributed by atoms with Crippen molar-refractivity contribution >= 4 is 39.1 Å². The van der Waals surface area contributed by atoms with Gasteiger partial charge in [-0.05, 0) is 25.1 Å². The van der Waals surface area contributed by atoms with Crippen molar-refractivity contribution in [3.8, 4) is 16.9 Å². The molecule has 1 amide bonds. The van der Waals surface area contributed by atoms with E-state index in [2.05, 4.69) is 20.5 Å². The molecule has 32 heavy (non-hydrogen) atoms. The Morgan fingerprint density at radius 2 is 2.03 bits per heavy atom. The lowest BCUT2D eigenvalue weighted by molar-refractivity contribution is -0.119. The zero-order valence-electron chi connectivity index (χ0n) is 16.9. The van der Waals surface area contributed by atoms with Crippen molar-refractivity contribution in [3.05, 3.63) is 46.5 Å². The first-order chi connectivity index (χ1) is 15.0. The molecule has 2 aromatic heterocycles. The molecule has 0 fully saturated rings. The van der Waals surface area contributed by atoms with Gasteiger partial charge in [-0.3, -0.25) is 15.1 Å². The number of nitrogens with zero attached hydrogens (tertiary/aromatic N) is 4. The van der Waals surface area contributed by atoms with Crippen LogP contribution in [-0.2, 0) is 0 Å². The van der Waals surface area contributed by atoms with Crippen molar-refractivity contribution in [2.24, 2.45) is 0 Å². The van der Waals surface area contributed by atoms with Crippen LogP contribution < -0.4 is 15.0 Å². The smallest absolute Gasteiger partial charge is 0.405 e. The molecule has 0 spiro atoms. The molecule has 0 aliphatic rings. The van der Waals surface area contributed by atoms with Crippen LogP contribution in [0.5, 0.6) is 5.75 Å². The summed E-state index contributed by atoms with van der Waals surface area (Å²) < 4.78 is 57.8. The number of methoxy groups -OCH3 is 1. The first-order valence-corrected chi connectivity index (χ1v) is 10.1. The Morgan fingerprint density at radius 3 is 2.69 bits per heavy atom. The molecule has 0 saturated heterocycles. The number of nitrogens with one attached hydrogen (secondary N) is 1. The summed E-state index contributed by atoms with van der Waals surface area (Å²) in [4.78, 5) is 17.9. The number of benzene rings is 1. The van der Waals surface area contributed by atoms with Crippen molar-refractivity contribution in [1.82, 2.24) is 15.2 Å². The number of halogens is 5. The third-order valence-corrected chi connectivity index (χ3v) is 5.45. The van der Waals surface area contributed by atoms with E-state index in [4.69, 9.17) is 16.3 Å². The van der Waals surface area contributed by atoms with Gasteiger partial charge in [0.25, 0.3) is 5.91 Å². The van der Waals surface area contributed by atoms with Crippen molar-refractivity contribution < 1.29 is 27.1 Å². The molecule has 0 radical (unpaired) electrons. The SMILES string of the molecule is COc1ccc(Cl)c(F)c1-c1cc(C)ncc1C(=O)Nc1nnc(N(C)CC(F)(F)F)s1. The second-order valence-corrected chi connectivity index (χ2v) is 7.99. The predicted molar refractivity (Wildman–Crippen MR) is 113 cm³/mol. The van der Waals surface area contributed by atoms with Gasteiger partial charge in [0, 0.05) is 24.5 Å². The summed E-state index contributed by atoms with van der Waals surface area (Å²) in [5, 5.41) is 9.59. The van der Waals surface area contributed by atoms with E-state index in [0.29, 0.717) is 5.69 Å². The quantitative estimate of drug-likeness (QED) is 0.493. The van der Waals surface area contributed by atoms with Gasteiger partial charge in [-0.1, -0.05) is 22.9 Å². The number of aryl methyl sites for hydroxylation is 1. The molecule has 0 aliphatic carbocycles. The van der Waals surface area contributed by atoms with Crippen LogP contribution in [-0.4, -0.2) is 48.0 Å². The number of pyridine rings is 1. The van der Waals surface area contributed by atoms with E-state index in [1.807, 2.05) is 0 Å². The molecule has 3 aromatic rings. The summed E-state index contributed by atoms with van der Waals surface area (Å²) in [5.41, 5.74) is 0.629. The van der Waals surface area contributed by atoms with Gasteiger partial charge in [-0.15, -0.1) is 10.2 Å². The fourth-order valence-corrected chi connectivity index (χ4v) is 3.68. The fraction of sp³-hybridized carbons (Fsp3) is 0.263. The van der Waals surface area contributed by atoms with Crippen LogP contribution in [0.1, 0.15) is 16.1 Å². The monoisotopic (exact) mass is 489 g/mol. The number of amides is 1. The van der Waals surface area contributed by atoms with Gasteiger partial charge >= 0.3 is 6.18 Å². The molecule has 3 rings (SSSR count). The number of carbonyl (C=O) groups is 1. The second kappa shape index (κ2) is 9.25. The van der Waals surface area contributed by atoms with Crippen LogP contribution in [0.15, 0.2) is 24.4 Å². The van der Waals surface area contributed by atoms with Crippen molar-refractivity contribution in [2.75, 3.05) is 30.9 Å². The minimum Gasteiger partial charge on any atom is -0.496 e. The molecule has 170 valence electrons. The van der Waals surface area contributed by atoms with Gasteiger partial charge in [0.1, 0.15) is 12.3 Å². The topological polar surface area (TPSA) is 80.2 Å². The van der Waals surface area contributed by atoms with Crippen LogP contribution in [0, 0.1) is 12.7 Å². The van der Waals surface area contributed by atoms with E-state index in [9.17, 15) is 22.4 Å². The largest absolute Gasteiger partial charge is 0.496 e. The summed E-state index contributed by atoms with van der Waals surface area (Å²) in [5.74, 6) is -1.34. The van der Waals surface area contributed by atoms with Crippen molar-refractivity contribution in [3.63, 3.8) is 0 Å². The van der Waals surface area contributed by atoms with Gasteiger partial charge in [0.05, 0.1) is 23.3 Å². The number of ether oxygens (including phenoxy) is 1. The van der Waals surface area contributed by atoms with E-state index in [-0.39, 0.29) is 37.7 Å². The zero-order chi connectivity index (χ0) is 23.6. The summed E-state index contributed by atoms with van der Waals surface area (Å²) >= 11 is 6.68. The third-order valence-electron chi connectivity index (χ3n) is 4.21. The Labute approximate surface area is 189 Å². The Balaban J connectivity index is 1.95. The first-order valence-electron chi connectivity index (χ1n) is 8.92. The van der Waals surface area contributed by atoms with E-state index in [1.165, 1.54) is 38.6 Å². The molecule has 2 heterocycles. The maximum Gasteiger partial charge on any atom is 0.405 e. The molecule has 0 aliphatic heterocycles. The molecule has 1 aromatic carbocycles. The number of alkyl halides is 3. The molecule has 0 bridgehead atoms. The van der Waals surface area contributed by atoms with Gasteiger partial charge in [0.15, 0.2) is 5.82 Å². The molecule has 1 N–H and O–H groups in total. The van der Waals surface area contributed by atoms with Crippen LogP contribution in [0.4, 0.5) is 27.8 Å². The van der Waals surface area contributed by atoms with Crippen LogP contribution in [0.2, 0.25) is 5.02 Å². The van der Waals surface area contributed by atoms with E-state index in [0.717, 1.165) is 16.2 Å². The van der Waals surface area contributed by atoms with Crippen molar-refractivity contribution in [1.29, 1.82) is 0 Å². The standard InChI is InChI=1S/C19H16ClF4N5O2S/c1-9-6-10(14-13(31-3)5-4-12(20)15(14)21)11(7-25-9)16(30)26-17-27-28-18(32-17)29(2)8-19(22,23)24/h4-7H,8H2,1-3H3,(H,26,27,30). The van der Waals surface area contributed by atoms with E-state index >= 15 is 0 Å². The fourth-order valence-electron chi connectivity index (χ4n) is 2.82. The highest BCUT2D eigenvalue weighted by Gasteiger charge is 2.31. The molecule has 0 atom stereocenters. The summed E-state index contributed by atoms with van der Waals surface area (Å²) in [6.07, 6.45) is -3.18. The normalized spacial score (nSPS) is 11.4. The molecule has 13 heteroatoms. The summed E-state index contributed by atoms with van der Waals surface area (Å²) in [6, 6.07) is 4.29. The van der Waals surface area contributed by atoms with Gasteiger partial charge < -0.3 is 9.64 Å². The summed E-state index contributed by atoms with van der Waals surface area (Å²) in [7, 11) is 2.55. The number of anilines is 2. The number of rotatable bonds is 6. The lowest BCUT2D eigenvalue weighted by Gasteiger charge is -2.16. The zero-order valence-corrected chi connectivity index (χ0v) is 18.5. The Bertz CT molecular complexity index is 1160. The minimum atomic E-state index is -4.42. The number of aromatic nitrogens is 3. The Hall–Kier alpha value is -2.99. The molecule has 0 unspecified atom stereocenters. The Morgan fingerprint density at radius 1 is 1.31 bits per heavy atom. The highest BCUT2D eigenvalue weighted by Crippen LogP contribution is 2.38. The highest BCUT2D eigenvalue weighted by atomic mass is 35.5. The third kappa shape index (κ3) is 5.25. The van der Waals surface area contributed by atoms with Gasteiger partial charge in [-0.25, -0.2) is 4.39 Å². The molecular formula is C19H16ClF4N5O2S. The van der Waals surface area contributed by atoms with E-state index in [1.54, 1.807) is 6.92 Å². The van der Waals surface area contributed by atoms with Crippen LogP contribution >= 0.6 is 22.9 Å². The molecule has 0 saturated carbocycles. The van der Waals surface area contributed by atoms with Crippen LogP contribution in [0.25, 0.3) is 11.1 Å².